The van der Waals surface area contributed by atoms with Crippen molar-refractivity contribution < 1.29 is 32.2 Å². The van der Waals surface area contributed by atoms with Crippen molar-refractivity contribution in [3.8, 4) is 5.75 Å². The lowest BCUT2D eigenvalue weighted by Gasteiger charge is -2.42. The maximum atomic E-state index is 14.9. The molecule has 1 N–H and O–H groups in total. The van der Waals surface area contributed by atoms with Crippen molar-refractivity contribution in [2.24, 2.45) is 0 Å². The largest absolute Gasteiger partial charge is 0.496 e. The van der Waals surface area contributed by atoms with Gasteiger partial charge in [-0.3, -0.25) is 4.98 Å². The molecule has 1 atom stereocenters. The summed E-state index contributed by atoms with van der Waals surface area (Å²) in [6, 6.07) is 8.92. The molecule has 1 saturated heterocycles. The number of ether oxygens (including phenoxy) is 3. The van der Waals surface area contributed by atoms with Gasteiger partial charge in [0.25, 0.3) is 6.43 Å². The number of fused-ring (bicyclic) bond motifs is 1. The van der Waals surface area contributed by atoms with Crippen molar-refractivity contribution in [3.05, 3.63) is 65.1 Å². The number of nitrogens with zero attached hydrogens (tertiary/aromatic N) is 2. The molecule has 0 unspecified atom stereocenters. The van der Waals surface area contributed by atoms with Gasteiger partial charge in [-0.1, -0.05) is 18.2 Å². The molecule has 0 spiro atoms. The molecule has 1 aliphatic rings. The normalized spacial score (nSPS) is 16.2. The summed E-state index contributed by atoms with van der Waals surface area (Å²) in [7, 11) is 3.21. The predicted molar refractivity (Wildman–Crippen MR) is 147 cm³/mol. The Morgan fingerprint density at radius 1 is 1.10 bits per heavy atom. The van der Waals surface area contributed by atoms with Crippen LogP contribution < -0.4 is 10.1 Å². The highest BCUT2D eigenvalue weighted by Crippen LogP contribution is 2.44. The topological polar surface area (TPSA) is 72.9 Å². The Hall–Kier alpha value is -3.53. The molecule has 3 aromatic rings. The van der Waals surface area contributed by atoms with E-state index in [1.54, 1.807) is 38.3 Å². The van der Waals surface area contributed by atoms with Gasteiger partial charge < -0.3 is 24.4 Å². The van der Waals surface area contributed by atoms with Crippen molar-refractivity contribution in [1.82, 2.24) is 9.88 Å². The van der Waals surface area contributed by atoms with E-state index in [0.717, 1.165) is 17.0 Å². The molecular formula is C30H36F3N3O4. The minimum absolute atomic E-state index is 0.138. The fraction of sp³-hybridized carbons (Fsp3) is 0.467. The molecule has 1 aliphatic heterocycles. The van der Waals surface area contributed by atoms with Gasteiger partial charge in [0.1, 0.15) is 17.2 Å². The van der Waals surface area contributed by atoms with Crippen LogP contribution in [0.15, 0.2) is 42.6 Å². The molecular weight excluding hydrogens is 523 g/mol. The third kappa shape index (κ3) is 5.96. The van der Waals surface area contributed by atoms with E-state index in [1.807, 2.05) is 32.9 Å². The number of carbonyl (C=O) groups is 1. The number of pyridine rings is 1. The average Bonchev–Trinajstić information content (AvgIpc) is 2.91. The first kappa shape index (κ1) is 29.5. The smallest absolute Gasteiger partial charge is 0.410 e. The number of aromatic nitrogens is 1. The average molecular weight is 560 g/mol. The quantitative estimate of drug-likeness (QED) is 0.326. The second-order valence-corrected chi connectivity index (χ2v) is 11.0. The van der Waals surface area contributed by atoms with Gasteiger partial charge in [-0.15, -0.1) is 0 Å². The Balaban J connectivity index is 1.68. The van der Waals surface area contributed by atoms with E-state index < -0.39 is 35.1 Å². The number of rotatable bonds is 7. The fourth-order valence-electron chi connectivity index (χ4n) is 5.17. The molecule has 1 fully saturated rings. The number of benzene rings is 2. The summed E-state index contributed by atoms with van der Waals surface area (Å²) in [5.41, 5.74) is 0.262. The fourth-order valence-corrected chi connectivity index (χ4v) is 5.17. The van der Waals surface area contributed by atoms with E-state index >= 15 is 0 Å². The highest BCUT2D eigenvalue weighted by atomic mass is 19.3. The van der Waals surface area contributed by atoms with Crippen LogP contribution in [0.3, 0.4) is 0 Å². The van der Waals surface area contributed by atoms with Crippen molar-refractivity contribution in [2.45, 2.75) is 64.2 Å². The van der Waals surface area contributed by atoms with Crippen molar-refractivity contribution in [2.75, 3.05) is 32.6 Å². The van der Waals surface area contributed by atoms with E-state index in [9.17, 15) is 18.0 Å². The number of anilines is 1. The first-order chi connectivity index (χ1) is 18.9. The molecule has 1 amide bonds. The van der Waals surface area contributed by atoms with E-state index in [-0.39, 0.29) is 11.7 Å². The number of amides is 1. The zero-order valence-electron chi connectivity index (χ0n) is 23.7. The number of hydrogen-bond donors (Lipinski definition) is 1. The molecule has 0 aliphatic carbocycles. The van der Waals surface area contributed by atoms with Crippen LogP contribution in [0.2, 0.25) is 0 Å². The molecule has 216 valence electrons. The van der Waals surface area contributed by atoms with Crippen molar-refractivity contribution in [3.63, 3.8) is 0 Å². The predicted octanol–water partition coefficient (Wildman–Crippen LogP) is 7.37. The van der Waals surface area contributed by atoms with Crippen LogP contribution in [-0.2, 0) is 15.1 Å². The van der Waals surface area contributed by atoms with Gasteiger partial charge in [-0.2, -0.15) is 0 Å². The summed E-state index contributed by atoms with van der Waals surface area (Å²) in [5, 5.41) is 4.01. The second kappa shape index (κ2) is 11.5. The Kier molecular flexibility index (Phi) is 8.49. The maximum absolute atomic E-state index is 14.9. The van der Waals surface area contributed by atoms with E-state index in [4.69, 9.17) is 14.2 Å². The molecule has 40 heavy (non-hydrogen) atoms. The van der Waals surface area contributed by atoms with Crippen LogP contribution in [0.5, 0.6) is 5.75 Å². The lowest BCUT2D eigenvalue weighted by molar-refractivity contribution is -0.0660. The molecule has 0 saturated carbocycles. The highest BCUT2D eigenvalue weighted by Gasteiger charge is 2.41. The Labute approximate surface area is 232 Å². The van der Waals surface area contributed by atoms with Gasteiger partial charge in [-0.05, 0) is 52.7 Å². The molecule has 0 radical (unpaired) electrons. The first-order valence-electron chi connectivity index (χ1n) is 13.2. The zero-order chi connectivity index (χ0) is 29.2. The van der Waals surface area contributed by atoms with E-state index in [0.29, 0.717) is 42.9 Å². The molecule has 2 heterocycles. The first-order valence-corrected chi connectivity index (χ1v) is 13.2. The van der Waals surface area contributed by atoms with E-state index in [2.05, 4.69) is 10.3 Å². The number of alkyl halides is 2. The van der Waals surface area contributed by atoms with Crippen LogP contribution in [0.25, 0.3) is 10.9 Å². The number of nitrogens with one attached hydrogen (secondary N) is 1. The summed E-state index contributed by atoms with van der Waals surface area (Å²) >= 11 is 0. The van der Waals surface area contributed by atoms with Gasteiger partial charge in [-0.25, -0.2) is 18.0 Å². The van der Waals surface area contributed by atoms with Crippen LogP contribution >= 0.6 is 0 Å². The van der Waals surface area contributed by atoms with Crippen molar-refractivity contribution >= 4 is 22.7 Å². The number of halogens is 3. The Morgan fingerprint density at radius 2 is 1.77 bits per heavy atom. The number of piperidine rings is 1. The molecule has 2 aromatic carbocycles. The number of carbonyl (C=O) groups excluding carboxylic acids is 1. The van der Waals surface area contributed by atoms with Gasteiger partial charge in [0.15, 0.2) is 0 Å². The highest BCUT2D eigenvalue weighted by molar-refractivity contribution is 5.93. The molecule has 10 heteroatoms. The minimum atomic E-state index is -2.91. The van der Waals surface area contributed by atoms with Crippen LogP contribution in [0, 0.1) is 5.82 Å². The second-order valence-electron chi connectivity index (χ2n) is 11.0. The van der Waals surface area contributed by atoms with Gasteiger partial charge in [0, 0.05) is 54.7 Å². The maximum Gasteiger partial charge on any atom is 0.410 e. The third-order valence-corrected chi connectivity index (χ3v) is 7.30. The van der Waals surface area contributed by atoms with Crippen molar-refractivity contribution in [1.29, 1.82) is 0 Å². The van der Waals surface area contributed by atoms with Crippen LogP contribution in [-0.4, -0.2) is 48.9 Å². The van der Waals surface area contributed by atoms with Crippen LogP contribution in [0.4, 0.5) is 23.7 Å². The summed E-state index contributed by atoms with van der Waals surface area (Å²) in [5.74, 6) is -0.332. The Bertz CT molecular complexity index is 1370. The number of likely N-dealkylation sites (tertiary alicyclic amines) is 1. The molecule has 1 aromatic heterocycles. The summed E-state index contributed by atoms with van der Waals surface area (Å²) in [6.45, 7) is 8.07. The van der Waals surface area contributed by atoms with Crippen LogP contribution in [0.1, 0.15) is 69.7 Å². The van der Waals surface area contributed by atoms with E-state index in [1.165, 1.54) is 12.1 Å². The standard InChI is InChI=1S/C30H36F3N3O4/c1-18(19-8-7-9-20(26(19)31)27(32)33)35-23-10-13-34-24-17-25(38-5)22(16-21(23)24)30(39-6)11-14-36(15-12-30)28(37)40-29(2,3)4/h7-10,13,16-18,27H,11-12,14-15H2,1-6H3,(H,34,35)/t18-/m1/s1. The third-order valence-electron chi connectivity index (χ3n) is 7.30. The van der Waals surface area contributed by atoms with Gasteiger partial charge in [0.2, 0.25) is 0 Å². The van der Waals surface area contributed by atoms with Gasteiger partial charge in [0.05, 0.1) is 29.8 Å². The summed E-state index contributed by atoms with van der Waals surface area (Å²) in [4.78, 5) is 18.8. The molecule has 7 nitrogen and oxygen atoms in total. The summed E-state index contributed by atoms with van der Waals surface area (Å²) in [6.07, 6.45) is -0.634. The molecule has 0 bridgehead atoms. The lowest BCUT2D eigenvalue weighted by Crippen LogP contribution is -2.47. The lowest BCUT2D eigenvalue weighted by atomic mass is 9.82. The molecule has 4 rings (SSSR count). The zero-order valence-corrected chi connectivity index (χ0v) is 23.7. The SMILES string of the molecule is COc1cc2nccc(N[C@H](C)c3cccc(C(F)F)c3F)c2cc1C1(OC)CCN(C(=O)OC(C)(C)C)CC1. The number of methoxy groups -OCH3 is 2. The summed E-state index contributed by atoms with van der Waals surface area (Å²) < 4.78 is 58.8. The number of hydrogen-bond acceptors (Lipinski definition) is 6. The monoisotopic (exact) mass is 559 g/mol. The Morgan fingerprint density at radius 3 is 2.38 bits per heavy atom. The minimum Gasteiger partial charge on any atom is -0.496 e. The van der Waals surface area contributed by atoms with Gasteiger partial charge >= 0.3 is 6.09 Å².